The van der Waals surface area contributed by atoms with Crippen molar-refractivity contribution in [2.24, 2.45) is 0 Å². The van der Waals surface area contributed by atoms with Gasteiger partial charge in [-0.1, -0.05) is 29.8 Å². The van der Waals surface area contributed by atoms with Crippen molar-refractivity contribution in [1.82, 2.24) is 10.3 Å². The van der Waals surface area contributed by atoms with Crippen LogP contribution in [0.4, 0.5) is 5.82 Å². The van der Waals surface area contributed by atoms with E-state index in [0.717, 1.165) is 35.5 Å². The van der Waals surface area contributed by atoms with E-state index >= 15 is 0 Å². The van der Waals surface area contributed by atoms with Crippen molar-refractivity contribution in [3.63, 3.8) is 0 Å². The number of ketones is 1. The second-order valence-electron chi connectivity index (χ2n) is 7.44. The average Bonchev–Trinajstić information content (AvgIpc) is 2.67. The van der Waals surface area contributed by atoms with Crippen LogP contribution in [-0.2, 0) is 9.59 Å². The zero-order valence-electron chi connectivity index (χ0n) is 16.4. The molecule has 1 aliphatic heterocycles. The average molecular weight is 408 g/mol. The van der Waals surface area contributed by atoms with Gasteiger partial charge in [-0.25, -0.2) is 4.98 Å². The van der Waals surface area contributed by atoms with Crippen LogP contribution < -0.4 is 10.6 Å². The van der Waals surface area contributed by atoms with Gasteiger partial charge in [0.15, 0.2) is 5.78 Å². The highest BCUT2D eigenvalue weighted by Gasteiger charge is 2.38. The van der Waals surface area contributed by atoms with Crippen molar-refractivity contribution in [2.45, 2.75) is 39.0 Å². The van der Waals surface area contributed by atoms with Crippen molar-refractivity contribution in [3.8, 4) is 0 Å². The van der Waals surface area contributed by atoms with Crippen LogP contribution in [0.2, 0.25) is 5.02 Å². The summed E-state index contributed by atoms with van der Waals surface area (Å²) in [5.41, 5.74) is 4.50. The number of hydrogen-bond acceptors (Lipinski definition) is 4. The van der Waals surface area contributed by atoms with Gasteiger partial charge in [0, 0.05) is 45.6 Å². The Labute approximate surface area is 174 Å². The molecule has 2 N–H and O–H groups in total. The van der Waals surface area contributed by atoms with Gasteiger partial charge in [0.25, 0.3) is 5.91 Å². The van der Waals surface area contributed by atoms with Crippen molar-refractivity contribution in [2.75, 3.05) is 5.32 Å². The third-order valence-electron chi connectivity index (χ3n) is 5.33. The summed E-state index contributed by atoms with van der Waals surface area (Å²) < 4.78 is 0. The summed E-state index contributed by atoms with van der Waals surface area (Å²) >= 11 is 6.24. The molecule has 2 heterocycles. The fourth-order valence-electron chi connectivity index (χ4n) is 4.10. The maximum atomic E-state index is 13.3. The Morgan fingerprint density at radius 1 is 1.17 bits per heavy atom. The molecule has 1 aromatic heterocycles. The Kier molecular flexibility index (Phi) is 5.24. The van der Waals surface area contributed by atoms with Crippen LogP contribution >= 0.6 is 11.6 Å². The smallest absolute Gasteiger partial charge is 0.255 e. The summed E-state index contributed by atoms with van der Waals surface area (Å²) in [5.74, 6) is -0.171. The lowest BCUT2D eigenvalue weighted by molar-refractivity contribution is -0.116. The number of dihydropyridines is 1. The summed E-state index contributed by atoms with van der Waals surface area (Å²) in [7, 11) is 0. The number of amides is 1. The monoisotopic (exact) mass is 407 g/mol. The summed E-state index contributed by atoms with van der Waals surface area (Å²) in [4.78, 5) is 30.6. The van der Waals surface area contributed by atoms with E-state index in [0.29, 0.717) is 28.4 Å². The number of pyridine rings is 1. The maximum Gasteiger partial charge on any atom is 0.255 e. The fraction of sp³-hybridized carbons (Fsp3) is 0.261. The topological polar surface area (TPSA) is 71.1 Å². The Hall–Kier alpha value is -2.92. The second-order valence-corrected chi connectivity index (χ2v) is 7.88. The summed E-state index contributed by atoms with van der Waals surface area (Å²) in [5, 5.41) is 6.78. The van der Waals surface area contributed by atoms with E-state index in [2.05, 4.69) is 15.6 Å². The number of halogens is 1. The van der Waals surface area contributed by atoms with Gasteiger partial charge in [0.2, 0.25) is 0 Å². The first kappa shape index (κ1) is 19.4. The first-order valence-corrected chi connectivity index (χ1v) is 10.1. The van der Waals surface area contributed by atoms with Gasteiger partial charge >= 0.3 is 0 Å². The van der Waals surface area contributed by atoms with Gasteiger partial charge in [0.1, 0.15) is 5.82 Å². The Morgan fingerprint density at radius 2 is 1.97 bits per heavy atom. The number of anilines is 1. The SMILES string of the molecule is CC1=C(C(=O)Nc2cccc(C)n2)[C@@H](c2cccc(Cl)c2)C2=C(CCCC2=O)N1. The number of carbonyl (C=O) groups excluding carboxylic acids is 2. The highest BCUT2D eigenvalue weighted by atomic mass is 35.5. The number of nitrogens with one attached hydrogen (secondary N) is 2. The molecule has 0 fully saturated rings. The lowest BCUT2D eigenvalue weighted by atomic mass is 9.75. The molecule has 2 aliphatic rings. The fourth-order valence-corrected chi connectivity index (χ4v) is 4.30. The highest BCUT2D eigenvalue weighted by molar-refractivity contribution is 6.30. The third kappa shape index (κ3) is 3.83. The molecule has 0 saturated carbocycles. The molecule has 0 saturated heterocycles. The zero-order chi connectivity index (χ0) is 20.5. The van der Waals surface area contributed by atoms with Crippen molar-refractivity contribution in [1.29, 1.82) is 0 Å². The number of hydrogen-bond donors (Lipinski definition) is 2. The Morgan fingerprint density at radius 3 is 2.72 bits per heavy atom. The van der Waals surface area contributed by atoms with Crippen LogP contribution in [0.15, 0.2) is 65.0 Å². The first-order valence-electron chi connectivity index (χ1n) is 9.68. The molecule has 2 aromatic rings. The van der Waals surface area contributed by atoms with Gasteiger partial charge in [-0.15, -0.1) is 0 Å². The normalized spacial score (nSPS) is 19.0. The number of aromatic nitrogens is 1. The van der Waals surface area contributed by atoms with Crippen molar-refractivity contribution < 1.29 is 9.59 Å². The number of allylic oxidation sites excluding steroid dienone is 3. The van der Waals surface area contributed by atoms with E-state index in [1.807, 2.05) is 44.2 Å². The van der Waals surface area contributed by atoms with Crippen LogP contribution in [0.25, 0.3) is 0 Å². The number of aryl methyl sites for hydroxylation is 1. The zero-order valence-corrected chi connectivity index (χ0v) is 17.1. The van der Waals surface area contributed by atoms with Crippen LogP contribution in [0.3, 0.4) is 0 Å². The predicted octanol–water partition coefficient (Wildman–Crippen LogP) is 4.65. The third-order valence-corrected chi connectivity index (χ3v) is 5.57. The number of benzene rings is 1. The molecule has 29 heavy (non-hydrogen) atoms. The van der Waals surface area contributed by atoms with E-state index in [1.165, 1.54) is 0 Å². The molecule has 1 atom stereocenters. The minimum absolute atomic E-state index is 0.0789. The van der Waals surface area contributed by atoms with Crippen LogP contribution in [0, 0.1) is 6.92 Å². The summed E-state index contributed by atoms with van der Waals surface area (Å²) in [6.45, 7) is 3.74. The molecule has 0 radical (unpaired) electrons. The van der Waals surface area contributed by atoms with Gasteiger partial charge in [-0.05, 0) is 56.5 Å². The van der Waals surface area contributed by atoms with Crippen LogP contribution in [0.5, 0.6) is 0 Å². The van der Waals surface area contributed by atoms with Gasteiger partial charge < -0.3 is 10.6 Å². The predicted molar refractivity (Wildman–Crippen MR) is 114 cm³/mol. The van der Waals surface area contributed by atoms with Crippen molar-refractivity contribution in [3.05, 3.63) is 81.3 Å². The largest absolute Gasteiger partial charge is 0.362 e. The number of rotatable bonds is 3. The van der Waals surface area contributed by atoms with Gasteiger partial charge in [-0.2, -0.15) is 0 Å². The molecule has 0 spiro atoms. The minimum Gasteiger partial charge on any atom is -0.362 e. The lowest BCUT2D eigenvalue weighted by Gasteiger charge is -2.34. The van der Waals surface area contributed by atoms with Gasteiger partial charge in [0.05, 0.1) is 0 Å². The van der Waals surface area contributed by atoms with Crippen molar-refractivity contribution >= 4 is 29.1 Å². The van der Waals surface area contributed by atoms with E-state index < -0.39 is 5.92 Å². The van der Waals surface area contributed by atoms with E-state index in [9.17, 15) is 9.59 Å². The molecule has 1 aliphatic carbocycles. The van der Waals surface area contributed by atoms with E-state index in [4.69, 9.17) is 11.6 Å². The van der Waals surface area contributed by atoms with Crippen LogP contribution in [-0.4, -0.2) is 16.7 Å². The number of Topliss-reactive ketones (excluding diaryl/α,β-unsaturated/α-hetero) is 1. The second kappa shape index (κ2) is 7.84. The van der Waals surface area contributed by atoms with E-state index in [-0.39, 0.29) is 11.7 Å². The van der Waals surface area contributed by atoms with E-state index in [1.54, 1.807) is 12.1 Å². The molecule has 148 valence electrons. The highest BCUT2D eigenvalue weighted by Crippen LogP contribution is 2.42. The molecule has 6 heteroatoms. The number of nitrogens with zero attached hydrogens (tertiary/aromatic N) is 1. The summed E-state index contributed by atoms with van der Waals surface area (Å²) in [6.07, 6.45) is 2.10. The number of carbonyl (C=O) groups is 2. The molecule has 1 aromatic carbocycles. The minimum atomic E-state index is -0.456. The molecular weight excluding hydrogens is 386 g/mol. The quantitative estimate of drug-likeness (QED) is 0.776. The molecule has 0 unspecified atom stereocenters. The standard InChI is InChI=1S/C23H22ClN3O2/c1-13-6-3-11-19(25-13)27-23(29)20-14(2)26-17-9-5-10-18(28)22(17)21(20)15-7-4-8-16(24)12-15/h3-4,6-8,11-12,21,26H,5,9-10H2,1-2H3,(H,25,27,29)/t21-/m1/s1. The molecule has 0 bridgehead atoms. The Balaban J connectivity index is 1.79. The van der Waals surface area contributed by atoms with Crippen LogP contribution in [0.1, 0.15) is 43.4 Å². The molecular formula is C23H22ClN3O2. The molecule has 5 nitrogen and oxygen atoms in total. The first-order chi connectivity index (χ1) is 13.9. The Bertz CT molecular complexity index is 1070. The maximum absolute atomic E-state index is 13.3. The lowest BCUT2D eigenvalue weighted by Crippen LogP contribution is -2.35. The molecule has 1 amide bonds. The summed E-state index contributed by atoms with van der Waals surface area (Å²) in [6, 6.07) is 12.8. The van der Waals surface area contributed by atoms with Gasteiger partial charge in [-0.3, -0.25) is 9.59 Å². The molecule has 4 rings (SSSR count).